The van der Waals surface area contributed by atoms with Crippen molar-refractivity contribution in [2.24, 2.45) is 5.92 Å². The van der Waals surface area contributed by atoms with Gasteiger partial charge < -0.3 is 4.90 Å². The van der Waals surface area contributed by atoms with Gasteiger partial charge in [0.1, 0.15) is 5.82 Å². The summed E-state index contributed by atoms with van der Waals surface area (Å²) < 4.78 is 0. The third kappa shape index (κ3) is 3.90. The Morgan fingerprint density at radius 2 is 2.25 bits per heavy atom. The van der Waals surface area contributed by atoms with Crippen LogP contribution in [0.2, 0.25) is 0 Å². The second-order valence-corrected chi connectivity index (χ2v) is 4.44. The maximum Gasteiger partial charge on any atom is 0.128 e. The first kappa shape index (κ1) is 12.5. The first-order chi connectivity index (χ1) is 7.63. The first-order valence-corrected chi connectivity index (χ1v) is 5.68. The van der Waals surface area contributed by atoms with Gasteiger partial charge in [-0.3, -0.25) is 0 Å². The van der Waals surface area contributed by atoms with Crippen molar-refractivity contribution in [2.45, 2.75) is 27.2 Å². The summed E-state index contributed by atoms with van der Waals surface area (Å²) in [5.74, 6) is 1.55. The fourth-order valence-electron chi connectivity index (χ4n) is 1.62. The van der Waals surface area contributed by atoms with E-state index in [1.54, 1.807) is 0 Å². The lowest BCUT2D eigenvalue weighted by Gasteiger charge is -2.24. The quantitative estimate of drug-likeness (QED) is 0.761. The fraction of sp³-hybridized carbons (Fsp3) is 0.538. The van der Waals surface area contributed by atoms with Crippen LogP contribution < -0.4 is 4.90 Å². The van der Waals surface area contributed by atoms with Gasteiger partial charge >= 0.3 is 0 Å². The Bertz CT molecular complexity index is 366. The van der Waals surface area contributed by atoms with E-state index in [1.165, 1.54) is 5.56 Å². The Balaban J connectivity index is 2.79. The topological polar surface area (TPSA) is 39.9 Å². The van der Waals surface area contributed by atoms with Crippen LogP contribution in [0.25, 0.3) is 0 Å². The molecule has 0 unspecified atom stereocenters. The maximum atomic E-state index is 8.65. The maximum absolute atomic E-state index is 8.65. The summed E-state index contributed by atoms with van der Waals surface area (Å²) in [7, 11) is 0. The van der Waals surface area contributed by atoms with Crippen LogP contribution in [0.1, 0.15) is 25.8 Å². The van der Waals surface area contributed by atoms with Gasteiger partial charge in [-0.2, -0.15) is 5.26 Å². The summed E-state index contributed by atoms with van der Waals surface area (Å²) in [6.45, 7) is 8.11. The highest BCUT2D eigenvalue weighted by atomic mass is 15.2. The molecular formula is C13H19N3. The average Bonchev–Trinajstić information content (AvgIpc) is 2.23. The molecule has 0 aliphatic heterocycles. The van der Waals surface area contributed by atoms with Gasteiger partial charge in [0, 0.05) is 19.3 Å². The number of pyridine rings is 1. The Labute approximate surface area is 97.7 Å². The molecule has 0 amide bonds. The molecule has 1 aromatic rings. The minimum atomic E-state index is 0.544. The Kier molecular flexibility index (Phi) is 4.78. The minimum Gasteiger partial charge on any atom is -0.355 e. The highest BCUT2D eigenvalue weighted by Gasteiger charge is 2.09. The van der Waals surface area contributed by atoms with Crippen molar-refractivity contribution >= 4 is 5.82 Å². The van der Waals surface area contributed by atoms with E-state index in [1.807, 2.05) is 12.3 Å². The summed E-state index contributed by atoms with van der Waals surface area (Å²) in [6, 6.07) is 6.24. The molecule has 0 atom stereocenters. The zero-order chi connectivity index (χ0) is 12.0. The van der Waals surface area contributed by atoms with Crippen LogP contribution in [0.3, 0.4) is 0 Å². The predicted molar refractivity (Wildman–Crippen MR) is 66.3 cm³/mol. The van der Waals surface area contributed by atoms with Gasteiger partial charge in [0.05, 0.1) is 12.5 Å². The van der Waals surface area contributed by atoms with E-state index < -0.39 is 0 Å². The summed E-state index contributed by atoms with van der Waals surface area (Å²) >= 11 is 0. The highest BCUT2D eigenvalue weighted by molar-refractivity contribution is 5.40. The molecule has 0 aromatic carbocycles. The van der Waals surface area contributed by atoms with Gasteiger partial charge in [0.2, 0.25) is 0 Å². The normalized spacial score (nSPS) is 10.2. The fourth-order valence-corrected chi connectivity index (χ4v) is 1.62. The number of nitriles is 1. The molecule has 0 aliphatic carbocycles. The van der Waals surface area contributed by atoms with Gasteiger partial charge in [-0.1, -0.05) is 13.8 Å². The molecule has 3 heteroatoms. The first-order valence-electron chi connectivity index (χ1n) is 5.68. The third-order valence-electron chi connectivity index (χ3n) is 2.30. The lowest BCUT2D eigenvalue weighted by Crippen LogP contribution is -2.29. The van der Waals surface area contributed by atoms with E-state index in [0.717, 1.165) is 18.9 Å². The van der Waals surface area contributed by atoms with E-state index in [-0.39, 0.29) is 0 Å². The monoisotopic (exact) mass is 217 g/mol. The van der Waals surface area contributed by atoms with Crippen molar-refractivity contribution in [3.05, 3.63) is 23.9 Å². The number of hydrogen-bond acceptors (Lipinski definition) is 3. The zero-order valence-corrected chi connectivity index (χ0v) is 10.3. The molecule has 16 heavy (non-hydrogen) atoms. The number of anilines is 1. The highest BCUT2D eigenvalue weighted by Crippen LogP contribution is 2.14. The summed E-state index contributed by atoms with van der Waals surface area (Å²) in [5, 5.41) is 8.65. The van der Waals surface area contributed by atoms with Crippen LogP contribution in [0.15, 0.2) is 18.3 Å². The van der Waals surface area contributed by atoms with E-state index in [4.69, 9.17) is 5.26 Å². The van der Waals surface area contributed by atoms with Crippen molar-refractivity contribution in [2.75, 3.05) is 18.0 Å². The van der Waals surface area contributed by atoms with Crippen molar-refractivity contribution in [3.63, 3.8) is 0 Å². The largest absolute Gasteiger partial charge is 0.355 e. The molecule has 1 heterocycles. The van der Waals surface area contributed by atoms with Crippen LogP contribution in [-0.4, -0.2) is 18.1 Å². The Morgan fingerprint density at radius 1 is 1.50 bits per heavy atom. The van der Waals surface area contributed by atoms with Crippen molar-refractivity contribution in [1.29, 1.82) is 5.26 Å². The van der Waals surface area contributed by atoms with Gasteiger partial charge in [-0.15, -0.1) is 0 Å². The minimum absolute atomic E-state index is 0.544. The van der Waals surface area contributed by atoms with Crippen LogP contribution in [0.4, 0.5) is 5.82 Å². The number of nitrogens with zero attached hydrogens (tertiary/aromatic N) is 3. The number of rotatable bonds is 5. The van der Waals surface area contributed by atoms with E-state index in [9.17, 15) is 0 Å². The standard InChI is InChI=1S/C13H19N3/c1-11(2)10-16(8-4-6-14)13-9-12(3)5-7-15-13/h5,7,9,11H,4,8,10H2,1-3H3. The molecule has 86 valence electrons. The molecule has 0 saturated heterocycles. The number of aryl methyl sites for hydroxylation is 1. The molecule has 0 radical (unpaired) electrons. The van der Waals surface area contributed by atoms with Crippen LogP contribution >= 0.6 is 0 Å². The summed E-state index contributed by atoms with van der Waals surface area (Å²) in [6.07, 6.45) is 2.37. The van der Waals surface area contributed by atoms with Crippen molar-refractivity contribution in [3.8, 4) is 6.07 Å². The second-order valence-electron chi connectivity index (χ2n) is 4.44. The summed E-state index contributed by atoms with van der Waals surface area (Å²) in [4.78, 5) is 6.54. The van der Waals surface area contributed by atoms with Crippen LogP contribution in [-0.2, 0) is 0 Å². The molecule has 3 nitrogen and oxygen atoms in total. The van der Waals surface area contributed by atoms with Gasteiger partial charge in [0.25, 0.3) is 0 Å². The Hall–Kier alpha value is -1.56. The lowest BCUT2D eigenvalue weighted by molar-refractivity contribution is 0.607. The van der Waals surface area contributed by atoms with E-state index in [2.05, 4.69) is 42.8 Å². The van der Waals surface area contributed by atoms with Crippen LogP contribution in [0, 0.1) is 24.2 Å². The molecule has 0 saturated carbocycles. The van der Waals surface area contributed by atoms with Gasteiger partial charge in [0.15, 0.2) is 0 Å². The zero-order valence-electron chi connectivity index (χ0n) is 10.3. The van der Waals surface area contributed by atoms with E-state index in [0.29, 0.717) is 12.3 Å². The molecular weight excluding hydrogens is 198 g/mol. The lowest BCUT2D eigenvalue weighted by atomic mass is 10.2. The van der Waals surface area contributed by atoms with Crippen LogP contribution in [0.5, 0.6) is 0 Å². The molecule has 0 bridgehead atoms. The SMILES string of the molecule is Cc1ccnc(N(CCC#N)CC(C)C)c1. The molecule has 0 fully saturated rings. The average molecular weight is 217 g/mol. The molecule has 0 spiro atoms. The molecule has 0 N–H and O–H groups in total. The van der Waals surface area contributed by atoms with Crippen molar-refractivity contribution < 1.29 is 0 Å². The molecule has 0 aliphatic rings. The molecule has 1 aromatic heterocycles. The number of aromatic nitrogens is 1. The Morgan fingerprint density at radius 3 is 2.81 bits per heavy atom. The van der Waals surface area contributed by atoms with E-state index >= 15 is 0 Å². The number of hydrogen-bond donors (Lipinski definition) is 0. The predicted octanol–water partition coefficient (Wildman–Crippen LogP) is 2.77. The summed E-state index contributed by atoms with van der Waals surface area (Å²) in [5.41, 5.74) is 1.20. The third-order valence-corrected chi connectivity index (χ3v) is 2.30. The van der Waals surface area contributed by atoms with Gasteiger partial charge in [-0.05, 0) is 30.5 Å². The van der Waals surface area contributed by atoms with Crippen molar-refractivity contribution in [1.82, 2.24) is 4.98 Å². The molecule has 1 rings (SSSR count). The second kappa shape index (κ2) is 6.12. The van der Waals surface area contributed by atoms with Gasteiger partial charge in [-0.25, -0.2) is 4.98 Å². The smallest absolute Gasteiger partial charge is 0.128 e.